The van der Waals surface area contributed by atoms with Crippen LogP contribution < -0.4 is 25.5 Å². The summed E-state index contributed by atoms with van der Waals surface area (Å²) in [6.45, 7) is 3.49. The standard InChI is InChI=1S/C25H28N4O8/c1-4-36-19-11-15(22-21(24(33)35-3)14(2)27-25(34)28-22)9-10-18(19)37-13-20(30)29-26-12-16-7-5-6-8-17(16)23(31)32/h5-12,20,22,29-30H,4,13H2,1-3H3,(H,31,32)(H2,27,28,34)/b26-12+/t20-,22-/m1/s1. The van der Waals surface area contributed by atoms with Crippen LogP contribution in [0.25, 0.3) is 0 Å². The van der Waals surface area contributed by atoms with Crippen molar-refractivity contribution in [3.8, 4) is 11.5 Å². The van der Waals surface area contributed by atoms with Crippen molar-refractivity contribution >= 4 is 24.2 Å². The number of carboxylic acids is 1. The second-order valence-corrected chi connectivity index (χ2v) is 7.81. The number of allylic oxidation sites excluding steroid dienone is 1. The molecule has 0 unspecified atom stereocenters. The molecule has 0 radical (unpaired) electrons. The first-order valence-corrected chi connectivity index (χ1v) is 11.3. The molecule has 0 bridgehead atoms. The molecule has 1 aliphatic rings. The number of nitrogens with one attached hydrogen (secondary N) is 3. The number of esters is 1. The molecular weight excluding hydrogens is 484 g/mol. The van der Waals surface area contributed by atoms with E-state index < -0.39 is 30.2 Å². The molecule has 2 amide bonds. The van der Waals surface area contributed by atoms with Crippen LogP contribution in [0.4, 0.5) is 4.79 Å². The Bertz CT molecular complexity index is 1230. The number of nitrogens with zero attached hydrogens (tertiary/aromatic N) is 1. The van der Waals surface area contributed by atoms with Crippen LogP contribution in [-0.2, 0) is 9.53 Å². The van der Waals surface area contributed by atoms with Gasteiger partial charge in [-0.2, -0.15) is 5.10 Å². The summed E-state index contributed by atoms with van der Waals surface area (Å²) >= 11 is 0. The maximum absolute atomic E-state index is 12.3. The molecule has 196 valence electrons. The van der Waals surface area contributed by atoms with Crippen molar-refractivity contribution in [3.63, 3.8) is 0 Å². The van der Waals surface area contributed by atoms with E-state index in [2.05, 4.69) is 21.2 Å². The Morgan fingerprint density at radius 3 is 2.65 bits per heavy atom. The van der Waals surface area contributed by atoms with Crippen molar-refractivity contribution in [2.45, 2.75) is 26.1 Å². The van der Waals surface area contributed by atoms with Crippen molar-refractivity contribution in [1.82, 2.24) is 16.1 Å². The Balaban J connectivity index is 1.72. The Morgan fingerprint density at radius 2 is 1.95 bits per heavy atom. The first-order valence-electron chi connectivity index (χ1n) is 11.3. The van der Waals surface area contributed by atoms with Gasteiger partial charge in [0.25, 0.3) is 0 Å². The summed E-state index contributed by atoms with van der Waals surface area (Å²) in [5.74, 6) is -1.03. The number of aliphatic hydroxyl groups excluding tert-OH is 1. The average molecular weight is 513 g/mol. The fraction of sp³-hybridized carbons (Fsp3) is 0.280. The summed E-state index contributed by atoms with van der Waals surface area (Å²) in [6.07, 6.45) is 0.0667. The summed E-state index contributed by atoms with van der Waals surface area (Å²) in [7, 11) is 1.26. The molecule has 0 aliphatic carbocycles. The summed E-state index contributed by atoms with van der Waals surface area (Å²) in [5, 5.41) is 28.6. The minimum Gasteiger partial charge on any atom is -0.490 e. The third-order valence-corrected chi connectivity index (χ3v) is 5.29. The van der Waals surface area contributed by atoms with Crippen LogP contribution in [0.15, 0.2) is 58.8 Å². The maximum atomic E-state index is 12.3. The molecule has 2 atom stereocenters. The third kappa shape index (κ3) is 6.76. The number of methoxy groups -OCH3 is 1. The molecule has 0 saturated heterocycles. The van der Waals surface area contributed by atoms with Crippen molar-refractivity contribution in [2.75, 3.05) is 20.3 Å². The van der Waals surface area contributed by atoms with Crippen LogP contribution in [-0.4, -0.2) is 60.9 Å². The molecule has 0 saturated carbocycles. The van der Waals surface area contributed by atoms with Crippen LogP contribution in [0.2, 0.25) is 0 Å². The number of hydrazone groups is 1. The quantitative estimate of drug-likeness (QED) is 0.131. The highest BCUT2D eigenvalue weighted by molar-refractivity contribution is 5.98. The number of hydrogen-bond acceptors (Lipinski definition) is 9. The topological polar surface area (TPSA) is 168 Å². The van der Waals surface area contributed by atoms with E-state index >= 15 is 0 Å². The Kier molecular flexibility index (Phi) is 9.05. The predicted molar refractivity (Wildman–Crippen MR) is 132 cm³/mol. The second-order valence-electron chi connectivity index (χ2n) is 7.81. The number of amides is 2. The molecule has 12 nitrogen and oxygen atoms in total. The molecule has 2 aromatic carbocycles. The van der Waals surface area contributed by atoms with Gasteiger partial charge in [-0.3, -0.25) is 5.43 Å². The lowest BCUT2D eigenvalue weighted by atomic mass is 9.95. The molecule has 0 aromatic heterocycles. The zero-order valence-electron chi connectivity index (χ0n) is 20.5. The van der Waals surface area contributed by atoms with Crippen molar-refractivity contribution < 1.29 is 38.8 Å². The zero-order valence-corrected chi connectivity index (χ0v) is 20.5. The summed E-state index contributed by atoms with van der Waals surface area (Å²) in [6, 6.07) is 9.95. The van der Waals surface area contributed by atoms with Crippen LogP contribution in [0, 0.1) is 0 Å². The molecule has 1 heterocycles. The number of urea groups is 1. The number of rotatable bonds is 11. The van der Waals surface area contributed by atoms with Crippen LogP contribution >= 0.6 is 0 Å². The van der Waals surface area contributed by atoms with Gasteiger partial charge >= 0.3 is 18.0 Å². The monoisotopic (exact) mass is 512 g/mol. The number of hydrogen-bond donors (Lipinski definition) is 5. The number of aromatic carboxylic acids is 1. The maximum Gasteiger partial charge on any atom is 0.337 e. The normalized spacial score (nSPS) is 16.0. The molecule has 0 fully saturated rings. The van der Waals surface area contributed by atoms with Crippen molar-refractivity contribution in [2.24, 2.45) is 5.10 Å². The molecule has 5 N–H and O–H groups in total. The number of carboxylic acid groups (broad SMARTS) is 1. The minimum absolute atomic E-state index is 0.0746. The third-order valence-electron chi connectivity index (χ3n) is 5.29. The fourth-order valence-electron chi connectivity index (χ4n) is 3.62. The van der Waals surface area contributed by atoms with E-state index in [1.807, 2.05) is 0 Å². The second kappa shape index (κ2) is 12.4. The first-order chi connectivity index (χ1) is 17.7. The number of benzene rings is 2. The lowest BCUT2D eigenvalue weighted by molar-refractivity contribution is -0.136. The van der Waals surface area contributed by atoms with Crippen molar-refractivity contribution in [1.29, 1.82) is 0 Å². The Hall–Kier alpha value is -4.58. The highest BCUT2D eigenvalue weighted by Crippen LogP contribution is 2.34. The minimum atomic E-state index is -1.22. The molecule has 37 heavy (non-hydrogen) atoms. The summed E-state index contributed by atoms with van der Waals surface area (Å²) in [5.41, 5.74) is 4.10. The molecule has 12 heteroatoms. The molecular formula is C25H28N4O8. The van der Waals surface area contributed by atoms with Crippen molar-refractivity contribution in [3.05, 3.63) is 70.4 Å². The van der Waals surface area contributed by atoms with Gasteiger partial charge in [-0.05, 0) is 37.6 Å². The smallest absolute Gasteiger partial charge is 0.337 e. The summed E-state index contributed by atoms with van der Waals surface area (Å²) < 4.78 is 16.2. The van der Waals surface area contributed by atoms with Gasteiger partial charge in [-0.25, -0.2) is 14.4 Å². The number of carbonyl (C=O) groups is 3. The molecule has 1 aliphatic heterocycles. The van der Waals surface area contributed by atoms with Gasteiger partial charge in [-0.15, -0.1) is 0 Å². The van der Waals surface area contributed by atoms with Gasteiger partial charge < -0.3 is 35.1 Å². The van der Waals surface area contributed by atoms with E-state index in [4.69, 9.17) is 14.2 Å². The van der Waals surface area contributed by atoms with E-state index in [-0.39, 0.29) is 17.7 Å². The Morgan fingerprint density at radius 1 is 1.19 bits per heavy atom. The highest BCUT2D eigenvalue weighted by atomic mass is 16.5. The lowest BCUT2D eigenvalue weighted by Crippen LogP contribution is -2.45. The SMILES string of the molecule is CCOc1cc([C@H]2NC(=O)NC(C)=C2C(=O)OC)ccc1OC[C@@H](O)N/N=C/c1ccccc1C(=O)O. The molecule has 0 spiro atoms. The molecule has 2 aromatic rings. The van der Waals surface area contributed by atoms with E-state index in [1.54, 1.807) is 50.2 Å². The lowest BCUT2D eigenvalue weighted by Gasteiger charge is -2.28. The van der Waals surface area contributed by atoms with Crippen LogP contribution in [0.1, 0.15) is 41.4 Å². The van der Waals surface area contributed by atoms with E-state index in [0.29, 0.717) is 34.9 Å². The van der Waals surface area contributed by atoms with Gasteiger partial charge in [0.1, 0.15) is 6.61 Å². The predicted octanol–water partition coefficient (Wildman–Crippen LogP) is 1.91. The van der Waals surface area contributed by atoms with Gasteiger partial charge in [0.05, 0.1) is 37.1 Å². The number of aliphatic hydroxyl groups is 1. The zero-order chi connectivity index (χ0) is 26.9. The van der Waals surface area contributed by atoms with Gasteiger partial charge in [0.15, 0.2) is 17.7 Å². The Labute approximate surface area is 212 Å². The van der Waals surface area contributed by atoms with Crippen LogP contribution in [0.5, 0.6) is 11.5 Å². The summed E-state index contributed by atoms with van der Waals surface area (Å²) in [4.78, 5) is 35.7. The number of ether oxygens (including phenoxy) is 3. The van der Waals surface area contributed by atoms with Gasteiger partial charge in [0, 0.05) is 11.3 Å². The molecule has 3 rings (SSSR count). The largest absolute Gasteiger partial charge is 0.490 e. The highest BCUT2D eigenvalue weighted by Gasteiger charge is 2.32. The van der Waals surface area contributed by atoms with E-state index in [9.17, 15) is 24.6 Å². The average Bonchev–Trinajstić information content (AvgIpc) is 2.87. The van der Waals surface area contributed by atoms with Gasteiger partial charge in [-0.1, -0.05) is 24.3 Å². The van der Waals surface area contributed by atoms with Crippen LogP contribution in [0.3, 0.4) is 0 Å². The van der Waals surface area contributed by atoms with E-state index in [1.165, 1.54) is 19.4 Å². The first kappa shape index (κ1) is 27.0. The van der Waals surface area contributed by atoms with E-state index in [0.717, 1.165) is 0 Å². The van der Waals surface area contributed by atoms with Gasteiger partial charge in [0.2, 0.25) is 0 Å². The number of carbonyl (C=O) groups excluding carboxylic acids is 2. The fourth-order valence-corrected chi connectivity index (χ4v) is 3.62.